The summed E-state index contributed by atoms with van der Waals surface area (Å²) in [5.74, 6) is 0.693. The van der Waals surface area contributed by atoms with Crippen molar-refractivity contribution in [1.82, 2.24) is 4.31 Å². The Kier molecular flexibility index (Phi) is 4.44. The molecule has 1 heterocycles. The van der Waals surface area contributed by atoms with Gasteiger partial charge >= 0.3 is 0 Å². The van der Waals surface area contributed by atoms with E-state index in [1.807, 2.05) is 6.92 Å². The second kappa shape index (κ2) is 5.90. The third-order valence-electron chi connectivity index (χ3n) is 3.12. The Labute approximate surface area is 114 Å². The number of ether oxygens (including phenoxy) is 1. The SMILES string of the molecule is CCCOc1ccc(S(=O)(=O)N2CC[C@@H](N)C2)cc1. The van der Waals surface area contributed by atoms with Gasteiger partial charge in [-0.3, -0.25) is 0 Å². The molecule has 1 aliphatic rings. The minimum absolute atomic E-state index is 0.0538. The molecular weight excluding hydrogens is 264 g/mol. The van der Waals surface area contributed by atoms with E-state index < -0.39 is 10.0 Å². The quantitative estimate of drug-likeness (QED) is 0.881. The van der Waals surface area contributed by atoms with Gasteiger partial charge in [-0.1, -0.05) is 6.92 Å². The van der Waals surface area contributed by atoms with E-state index in [0.717, 1.165) is 12.8 Å². The van der Waals surface area contributed by atoms with Gasteiger partial charge in [-0.05, 0) is 37.1 Å². The van der Waals surface area contributed by atoms with Gasteiger partial charge in [0.2, 0.25) is 10.0 Å². The predicted octanol–water partition coefficient (Wildman–Crippen LogP) is 1.20. The molecule has 2 rings (SSSR count). The van der Waals surface area contributed by atoms with Gasteiger partial charge in [0.25, 0.3) is 0 Å². The van der Waals surface area contributed by atoms with Crippen LogP contribution in [-0.4, -0.2) is 38.5 Å². The Morgan fingerprint density at radius 2 is 2.05 bits per heavy atom. The van der Waals surface area contributed by atoms with Gasteiger partial charge in [0.15, 0.2) is 0 Å². The van der Waals surface area contributed by atoms with Crippen molar-refractivity contribution in [3.63, 3.8) is 0 Å². The van der Waals surface area contributed by atoms with Gasteiger partial charge < -0.3 is 10.5 Å². The number of hydrogen-bond donors (Lipinski definition) is 1. The van der Waals surface area contributed by atoms with Gasteiger partial charge in [0.05, 0.1) is 11.5 Å². The molecule has 19 heavy (non-hydrogen) atoms. The summed E-state index contributed by atoms with van der Waals surface area (Å²) in [6.07, 6.45) is 1.64. The third-order valence-corrected chi connectivity index (χ3v) is 5.00. The molecule has 106 valence electrons. The summed E-state index contributed by atoms with van der Waals surface area (Å²) in [7, 11) is -3.41. The zero-order valence-corrected chi connectivity index (χ0v) is 11.9. The number of rotatable bonds is 5. The fourth-order valence-electron chi connectivity index (χ4n) is 2.05. The third kappa shape index (κ3) is 3.26. The van der Waals surface area contributed by atoms with E-state index in [2.05, 4.69) is 0 Å². The van der Waals surface area contributed by atoms with Crippen molar-refractivity contribution in [2.24, 2.45) is 5.73 Å². The zero-order chi connectivity index (χ0) is 13.9. The first-order valence-corrected chi connectivity index (χ1v) is 7.96. The Balaban J connectivity index is 2.12. The summed E-state index contributed by atoms with van der Waals surface area (Å²) >= 11 is 0. The molecule has 0 bridgehead atoms. The van der Waals surface area contributed by atoms with Crippen LogP contribution >= 0.6 is 0 Å². The van der Waals surface area contributed by atoms with Crippen LogP contribution < -0.4 is 10.5 Å². The largest absolute Gasteiger partial charge is 0.494 e. The normalized spacial score (nSPS) is 20.6. The van der Waals surface area contributed by atoms with E-state index in [-0.39, 0.29) is 6.04 Å². The highest BCUT2D eigenvalue weighted by Crippen LogP contribution is 2.22. The maximum atomic E-state index is 12.3. The fraction of sp³-hybridized carbons (Fsp3) is 0.538. The highest BCUT2D eigenvalue weighted by atomic mass is 32.2. The van der Waals surface area contributed by atoms with Crippen LogP contribution in [0.2, 0.25) is 0 Å². The van der Waals surface area contributed by atoms with Crippen molar-refractivity contribution >= 4 is 10.0 Å². The topological polar surface area (TPSA) is 72.6 Å². The Hall–Kier alpha value is -1.11. The molecule has 1 aromatic carbocycles. The molecule has 1 atom stereocenters. The molecule has 0 spiro atoms. The lowest BCUT2D eigenvalue weighted by Crippen LogP contribution is -2.31. The Morgan fingerprint density at radius 1 is 1.37 bits per heavy atom. The van der Waals surface area contributed by atoms with Crippen LogP contribution in [0.4, 0.5) is 0 Å². The van der Waals surface area contributed by atoms with Crippen molar-refractivity contribution < 1.29 is 13.2 Å². The summed E-state index contributed by atoms with van der Waals surface area (Å²) in [4.78, 5) is 0.297. The van der Waals surface area contributed by atoms with Gasteiger partial charge in [-0.2, -0.15) is 4.31 Å². The van der Waals surface area contributed by atoms with E-state index in [1.54, 1.807) is 24.3 Å². The molecule has 1 aromatic rings. The number of nitrogens with two attached hydrogens (primary N) is 1. The van der Waals surface area contributed by atoms with Crippen LogP contribution in [0.1, 0.15) is 19.8 Å². The van der Waals surface area contributed by atoms with Gasteiger partial charge in [-0.15, -0.1) is 0 Å². The maximum Gasteiger partial charge on any atom is 0.243 e. The van der Waals surface area contributed by atoms with Crippen LogP contribution in [-0.2, 0) is 10.0 Å². The first-order chi connectivity index (χ1) is 9.04. The number of nitrogens with zero attached hydrogens (tertiary/aromatic N) is 1. The molecule has 0 aliphatic carbocycles. The molecule has 0 unspecified atom stereocenters. The van der Waals surface area contributed by atoms with Gasteiger partial charge in [0, 0.05) is 19.1 Å². The lowest BCUT2D eigenvalue weighted by Gasteiger charge is -2.16. The summed E-state index contributed by atoms with van der Waals surface area (Å²) < 4.78 is 31.6. The molecule has 0 aromatic heterocycles. The second-order valence-electron chi connectivity index (χ2n) is 4.73. The van der Waals surface area contributed by atoms with Gasteiger partial charge in [-0.25, -0.2) is 8.42 Å². The average molecular weight is 284 g/mol. The first kappa shape index (κ1) is 14.3. The molecule has 0 radical (unpaired) electrons. The molecule has 1 saturated heterocycles. The van der Waals surface area contributed by atoms with E-state index in [0.29, 0.717) is 30.3 Å². The predicted molar refractivity (Wildman–Crippen MR) is 73.6 cm³/mol. The second-order valence-corrected chi connectivity index (χ2v) is 6.67. The fourth-order valence-corrected chi connectivity index (χ4v) is 3.56. The average Bonchev–Trinajstić information content (AvgIpc) is 2.84. The van der Waals surface area contributed by atoms with Crippen molar-refractivity contribution in [2.75, 3.05) is 19.7 Å². The van der Waals surface area contributed by atoms with Crippen LogP contribution in [0.5, 0.6) is 5.75 Å². The molecule has 1 aliphatic heterocycles. The standard InChI is InChI=1S/C13H20N2O3S/c1-2-9-18-12-3-5-13(6-4-12)19(16,17)15-8-7-11(14)10-15/h3-6,11H,2,7-10,14H2,1H3/t11-/m1/s1. The lowest BCUT2D eigenvalue weighted by molar-refractivity contribution is 0.317. The number of benzene rings is 1. The monoisotopic (exact) mass is 284 g/mol. The van der Waals surface area contributed by atoms with Gasteiger partial charge in [0.1, 0.15) is 5.75 Å². The summed E-state index contributed by atoms with van der Waals surface area (Å²) in [6.45, 7) is 3.55. The van der Waals surface area contributed by atoms with E-state index in [4.69, 9.17) is 10.5 Å². The zero-order valence-electron chi connectivity index (χ0n) is 11.1. The van der Waals surface area contributed by atoms with Crippen molar-refractivity contribution in [3.05, 3.63) is 24.3 Å². The Bertz CT molecular complexity index is 513. The first-order valence-electron chi connectivity index (χ1n) is 6.52. The highest BCUT2D eigenvalue weighted by Gasteiger charge is 2.30. The minimum atomic E-state index is -3.41. The summed E-state index contributed by atoms with van der Waals surface area (Å²) in [6, 6.07) is 6.51. The van der Waals surface area contributed by atoms with Crippen molar-refractivity contribution in [2.45, 2.75) is 30.7 Å². The van der Waals surface area contributed by atoms with Crippen molar-refractivity contribution in [1.29, 1.82) is 0 Å². The molecule has 2 N–H and O–H groups in total. The minimum Gasteiger partial charge on any atom is -0.494 e. The van der Waals surface area contributed by atoms with E-state index in [1.165, 1.54) is 4.31 Å². The molecular formula is C13H20N2O3S. The van der Waals surface area contributed by atoms with E-state index in [9.17, 15) is 8.42 Å². The molecule has 0 amide bonds. The van der Waals surface area contributed by atoms with Crippen LogP contribution in [0.15, 0.2) is 29.2 Å². The highest BCUT2D eigenvalue weighted by molar-refractivity contribution is 7.89. The molecule has 0 saturated carbocycles. The van der Waals surface area contributed by atoms with Crippen LogP contribution in [0, 0.1) is 0 Å². The molecule has 5 nitrogen and oxygen atoms in total. The lowest BCUT2D eigenvalue weighted by atomic mass is 10.3. The van der Waals surface area contributed by atoms with Crippen LogP contribution in [0.25, 0.3) is 0 Å². The smallest absolute Gasteiger partial charge is 0.243 e. The van der Waals surface area contributed by atoms with Crippen LogP contribution in [0.3, 0.4) is 0 Å². The number of sulfonamides is 1. The summed E-state index contributed by atoms with van der Waals surface area (Å²) in [5, 5.41) is 0. The maximum absolute atomic E-state index is 12.3. The molecule has 1 fully saturated rings. The summed E-state index contributed by atoms with van der Waals surface area (Å²) in [5.41, 5.74) is 5.75. The van der Waals surface area contributed by atoms with E-state index >= 15 is 0 Å². The van der Waals surface area contributed by atoms with Crippen molar-refractivity contribution in [3.8, 4) is 5.75 Å². The molecule has 6 heteroatoms. The Morgan fingerprint density at radius 3 is 2.58 bits per heavy atom. The number of hydrogen-bond acceptors (Lipinski definition) is 4.